The zero-order chi connectivity index (χ0) is 33.3. The standard InChI is InChI=1S/C37H43N3O5S/c1-6-45-32-20-22-33(23-21-32)46(43,44)40(31-18-11-8-12-19-31)27-35(41)39(26-30-17-13-14-28(2)24-30)34(36(42)38-37(3,4)5)25-29-15-9-7-10-16-29/h7-24,34H,6,25-27H2,1-5H3,(H,38,42)/t34-/m0/s1. The van der Waals surface area contributed by atoms with Crippen molar-refractivity contribution in [3.05, 3.63) is 126 Å². The van der Waals surface area contributed by atoms with Gasteiger partial charge < -0.3 is 15.0 Å². The molecule has 0 unspecified atom stereocenters. The van der Waals surface area contributed by atoms with Gasteiger partial charge in [-0.2, -0.15) is 0 Å². The van der Waals surface area contributed by atoms with E-state index in [1.54, 1.807) is 42.5 Å². The van der Waals surface area contributed by atoms with E-state index in [0.29, 0.717) is 18.0 Å². The fraction of sp³-hybridized carbons (Fsp3) is 0.297. The van der Waals surface area contributed by atoms with Gasteiger partial charge >= 0.3 is 0 Å². The molecule has 0 saturated heterocycles. The second-order valence-electron chi connectivity index (χ2n) is 12.2. The predicted octanol–water partition coefficient (Wildman–Crippen LogP) is 6.14. The highest BCUT2D eigenvalue weighted by atomic mass is 32.2. The molecule has 1 N–H and O–H groups in total. The molecule has 0 heterocycles. The molecule has 8 nitrogen and oxygen atoms in total. The van der Waals surface area contributed by atoms with Crippen molar-refractivity contribution >= 4 is 27.5 Å². The number of para-hydroxylation sites is 1. The Morgan fingerprint density at radius 1 is 0.826 bits per heavy atom. The summed E-state index contributed by atoms with van der Waals surface area (Å²) in [5.41, 5.74) is 2.49. The Hall–Kier alpha value is -4.63. The van der Waals surface area contributed by atoms with Crippen LogP contribution in [-0.4, -0.2) is 49.9 Å². The van der Waals surface area contributed by atoms with Crippen molar-refractivity contribution in [2.75, 3.05) is 17.5 Å². The number of sulfonamides is 1. The normalized spacial score (nSPS) is 12.2. The molecule has 0 fully saturated rings. The lowest BCUT2D eigenvalue weighted by Gasteiger charge is -2.35. The van der Waals surface area contributed by atoms with Crippen molar-refractivity contribution in [1.29, 1.82) is 0 Å². The highest BCUT2D eigenvalue weighted by Gasteiger charge is 2.35. The van der Waals surface area contributed by atoms with Crippen LogP contribution in [0.2, 0.25) is 0 Å². The lowest BCUT2D eigenvalue weighted by atomic mass is 10.0. The van der Waals surface area contributed by atoms with Crippen molar-refractivity contribution < 1.29 is 22.7 Å². The van der Waals surface area contributed by atoms with Gasteiger partial charge in [-0.25, -0.2) is 8.42 Å². The van der Waals surface area contributed by atoms with E-state index in [0.717, 1.165) is 21.0 Å². The minimum Gasteiger partial charge on any atom is -0.494 e. The van der Waals surface area contributed by atoms with E-state index in [1.165, 1.54) is 17.0 Å². The maximum absolute atomic E-state index is 14.6. The number of hydrogen-bond donors (Lipinski definition) is 1. The van der Waals surface area contributed by atoms with Crippen LogP contribution >= 0.6 is 0 Å². The van der Waals surface area contributed by atoms with Crippen molar-refractivity contribution in [2.45, 2.75) is 64.1 Å². The van der Waals surface area contributed by atoms with Crippen molar-refractivity contribution in [3.8, 4) is 5.75 Å². The van der Waals surface area contributed by atoms with E-state index in [4.69, 9.17) is 4.74 Å². The summed E-state index contributed by atoms with van der Waals surface area (Å²) < 4.78 is 35.0. The van der Waals surface area contributed by atoms with Crippen LogP contribution in [0.3, 0.4) is 0 Å². The van der Waals surface area contributed by atoms with Crippen LogP contribution in [0.15, 0.2) is 114 Å². The second-order valence-corrected chi connectivity index (χ2v) is 14.1. The largest absolute Gasteiger partial charge is 0.494 e. The molecule has 4 aromatic carbocycles. The van der Waals surface area contributed by atoms with Gasteiger partial charge in [0.25, 0.3) is 10.0 Å². The molecular weight excluding hydrogens is 598 g/mol. The number of hydrogen-bond acceptors (Lipinski definition) is 5. The number of nitrogens with zero attached hydrogens (tertiary/aromatic N) is 2. The molecule has 0 aliphatic heterocycles. The van der Waals surface area contributed by atoms with E-state index in [1.807, 2.05) is 89.2 Å². The zero-order valence-corrected chi connectivity index (χ0v) is 28.0. The van der Waals surface area contributed by atoms with Crippen molar-refractivity contribution in [3.63, 3.8) is 0 Å². The lowest BCUT2D eigenvalue weighted by molar-refractivity contribution is -0.140. The van der Waals surface area contributed by atoms with E-state index >= 15 is 0 Å². The molecule has 0 spiro atoms. The summed E-state index contributed by atoms with van der Waals surface area (Å²) in [4.78, 5) is 30.1. The highest BCUT2D eigenvalue weighted by molar-refractivity contribution is 7.92. The van der Waals surface area contributed by atoms with Gasteiger partial charge in [0.2, 0.25) is 11.8 Å². The number of rotatable bonds is 13. The second kappa shape index (κ2) is 15.1. The highest BCUT2D eigenvalue weighted by Crippen LogP contribution is 2.26. The molecule has 0 radical (unpaired) electrons. The molecule has 4 aromatic rings. The Balaban J connectivity index is 1.79. The van der Waals surface area contributed by atoms with Gasteiger partial charge in [0, 0.05) is 18.5 Å². The molecule has 242 valence electrons. The Bertz CT molecular complexity index is 1700. The Morgan fingerprint density at radius 2 is 1.43 bits per heavy atom. The van der Waals surface area contributed by atoms with Gasteiger partial charge in [-0.15, -0.1) is 0 Å². The molecular formula is C37H43N3O5S. The first-order chi connectivity index (χ1) is 21.9. The smallest absolute Gasteiger partial charge is 0.264 e. The lowest BCUT2D eigenvalue weighted by Crippen LogP contribution is -2.56. The van der Waals surface area contributed by atoms with Gasteiger partial charge in [-0.05, 0) is 82.1 Å². The molecule has 0 saturated carbocycles. The number of carbonyl (C=O) groups excluding carboxylic acids is 2. The quantitative estimate of drug-likeness (QED) is 0.189. The first-order valence-corrected chi connectivity index (χ1v) is 16.8. The summed E-state index contributed by atoms with van der Waals surface area (Å²) in [6.45, 7) is 9.51. The van der Waals surface area contributed by atoms with Crippen molar-refractivity contribution in [1.82, 2.24) is 10.2 Å². The molecule has 9 heteroatoms. The molecule has 0 aliphatic rings. The number of ether oxygens (including phenoxy) is 1. The van der Waals surface area contributed by atoms with Crippen LogP contribution < -0.4 is 14.4 Å². The molecule has 46 heavy (non-hydrogen) atoms. The topological polar surface area (TPSA) is 96.0 Å². The Morgan fingerprint density at radius 3 is 2.02 bits per heavy atom. The fourth-order valence-corrected chi connectivity index (χ4v) is 6.55. The number of benzene rings is 4. The first kappa shape index (κ1) is 34.2. The third-order valence-electron chi connectivity index (χ3n) is 7.25. The summed E-state index contributed by atoms with van der Waals surface area (Å²) in [5.74, 6) is -0.287. The number of aryl methyl sites for hydroxylation is 1. The fourth-order valence-electron chi connectivity index (χ4n) is 5.14. The van der Waals surface area contributed by atoms with Gasteiger partial charge in [-0.3, -0.25) is 13.9 Å². The minimum absolute atomic E-state index is 0.0177. The Kier molecular flexibility index (Phi) is 11.2. The molecule has 4 rings (SSSR count). The third kappa shape index (κ3) is 9.20. The molecule has 1 atom stereocenters. The van der Waals surface area contributed by atoms with Crippen LogP contribution in [0.5, 0.6) is 5.75 Å². The van der Waals surface area contributed by atoms with Crippen LogP contribution in [0, 0.1) is 6.92 Å². The number of carbonyl (C=O) groups is 2. The number of anilines is 1. The van der Waals surface area contributed by atoms with Crippen LogP contribution in [0.1, 0.15) is 44.4 Å². The summed E-state index contributed by atoms with van der Waals surface area (Å²) in [6, 6.07) is 31.0. The van der Waals surface area contributed by atoms with E-state index in [-0.39, 0.29) is 23.8 Å². The Labute approximate surface area is 273 Å². The van der Waals surface area contributed by atoms with Crippen molar-refractivity contribution in [2.24, 2.45) is 0 Å². The first-order valence-electron chi connectivity index (χ1n) is 15.4. The molecule has 0 aromatic heterocycles. The van der Waals surface area contributed by atoms with E-state index in [9.17, 15) is 18.0 Å². The molecule has 0 aliphatic carbocycles. The monoisotopic (exact) mass is 641 g/mol. The third-order valence-corrected chi connectivity index (χ3v) is 9.04. The van der Waals surface area contributed by atoms with Gasteiger partial charge in [0.05, 0.1) is 17.2 Å². The SMILES string of the molecule is CCOc1ccc(S(=O)(=O)N(CC(=O)N(Cc2cccc(C)c2)[C@@H](Cc2ccccc2)C(=O)NC(C)(C)C)c2ccccc2)cc1. The summed E-state index contributed by atoms with van der Waals surface area (Å²) in [6.07, 6.45) is 0.247. The average Bonchev–Trinajstić information content (AvgIpc) is 3.02. The maximum Gasteiger partial charge on any atom is 0.264 e. The molecule has 0 bridgehead atoms. The zero-order valence-electron chi connectivity index (χ0n) is 27.1. The van der Waals surface area contributed by atoms with E-state index < -0.39 is 34.1 Å². The number of nitrogens with one attached hydrogen (secondary N) is 1. The summed E-state index contributed by atoms with van der Waals surface area (Å²) in [5, 5.41) is 3.05. The van der Waals surface area contributed by atoms with Gasteiger partial charge in [-0.1, -0.05) is 78.4 Å². The maximum atomic E-state index is 14.6. The number of amides is 2. The predicted molar refractivity (Wildman–Crippen MR) is 182 cm³/mol. The van der Waals surface area contributed by atoms with Gasteiger partial charge in [0.15, 0.2) is 0 Å². The van der Waals surface area contributed by atoms with Crippen LogP contribution in [-0.2, 0) is 32.6 Å². The van der Waals surface area contributed by atoms with Gasteiger partial charge in [0.1, 0.15) is 18.3 Å². The summed E-state index contributed by atoms with van der Waals surface area (Å²) in [7, 11) is -4.20. The van der Waals surface area contributed by atoms with E-state index in [2.05, 4.69) is 5.32 Å². The van der Waals surface area contributed by atoms with Crippen LogP contribution in [0.4, 0.5) is 5.69 Å². The van der Waals surface area contributed by atoms with Crippen LogP contribution in [0.25, 0.3) is 0 Å². The average molecular weight is 642 g/mol. The minimum atomic E-state index is -4.20. The molecule has 2 amide bonds. The summed E-state index contributed by atoms with van der Waals surface area (Å²) >= 11 is 0.